The monoisotopic (exact) mass is 212 g/mol. The first-order valence-corrected chi connectivity index (χ1v) is 6.47. The van der Waals surface area contributed by atoms with Gasteiger partial charge >= 0.3 is 0 Å². The van der Waals surface area contributed by atoms with Gasteiger partial charge in [0.2, 0.25) is 5.91 Å². The molecule has 2 saturated heterocycles. The fraction of sp³-hybridized carbons (Fsp3) is 0.900. The summed E-state index contributed by atoms with van der Waals surface area (Å²) in [6.45, 7) is 0.670. The summed E-state index contributed by atoms with van der Waals surface area (Å²) in [5, 5.41) is 7.29. The smallest absolute Gasteiger partial charge is 0.235 e. The molecule has 2 aliphatic heterocycles. The van der Waals surface area contributed by atoms with E-state index in [0.717, 1.165) is 11.2 Å². The van der Waals surface area contributed by atoms with Crippen molar-refractivity contribution in [1.82, 2.24) is 10.6 Å². The summed E-state index contributed by atoms with van der Waals surface area (Å²) >= 11 is 1.91. The Balaban J connectivity index is 1.82. The standard InChI is InChI=1S/C10H16N2OS/c13-10-9-8(11-5-12-10)6-3-1-2-4-7(6)14-9/h6-9,11H,1-5H2,(H,12,13). The van der Waals surface area contributed by atoms with E-state index in [9.17, 15) is 4.79 Å². The van der Waals surface area contributed by atoms with Crippen molar-refractivity contribution in [2.45, 2.75) is 42.2 Å². The summed E-state index contributed by atoms with van der Waals surface area (Å²) in [5.41, 5.74) is 0. The molecule has 3 aliphatic rings. The molecule has 14 heavy (non-hydrogen) atoms. The van der Waals surface area contributed by atoms with Crippen LogP contribution in [0.3, 0.4) is 0 Å². The number of hydrogen-bond acceptors (Lipinski definition) is 3. The SMILES string of the molecule is O=C1NCNC2C1SC1CCCCC12. The number of hydrogen-bond donors (Lipinski definition) is 2. The van der Waals surface area contributed by atoms with Crippen molar-refractivity contribution < 1.29 is 4.79 Å². The molecule has 4 unspecified atom stereocenters. The van der Waals surface area contributed by atoms with E-state index in [2.05, 4.69) is 10.6 Å². The summed E-state index contributed by atoms with van der Waals surface area (Å²) in [6.07, 6.45) is 5.35. The van der Waals surface area contributed by atoms with Gasteiger partial charge in [0.15, 0.2) is 0 Å². The number of amides is 1. The summed E-state index contributed by atoms with van der Waals surface area (Å²) in [5.74, 6) is 1.01. The van der Waals surface area contributed by atoms with Gasteiger partial charge in [0.05, 0.1) is 11.9 Å². The largest absolute Gasteiger partial charge is 0.343 e. The molecular weight excluding hydrogens is 196 g/mol. The van der Waals surface area contributed by atoms with Crippen LogP contribution in [0.1, 0.15) is 25.7 Å². The van der Waals surface area contributed by atoms with Crippen LogP contribution in [0.2, 0.25) is 0 Å². The van der Waals surface area contributed by atoms with Crippen LogP contribution >= 0.6 is 11.8 Å². The van der Waals surface area contributed by atoms with E-state index in [0.29, 0.717) is 12.7 Å². The Morgan fingerprint density at radius 3 is 3.07 bits per heavy atom. The molecule has 3 nitrogen and oxygen atoms in total. The van der Waals surface area contributed by atoms with Crippen LogP contribution in [0, 0.1) is 5.92 Å². The minimum atomic E-state index is 0.192. The average molecular weight is 212 g/mol. The second kappa shape index (κ2) is 3.42. The van der Waals surface area contributed by atoms with E-state index >= 15 is 0 Å². The predicted octanol–water partition coefficient (Wildman–Crippen LogP) is 0.706. The molecule has 0 radical (unpaired) electrons. The Morgan fingerprint density at radius 1 is 1.29 bits per heavy atom. The predicted molar refractivity (Wildman–Crippen MR) is 57.1 cm³/mol. The number of fused-ring (bicyclic) bond motifs is 3. The highest BCUT2D eigenvalue weighted by Crippen LogP contribution is 2.46. The maximum atomic E-state index is 11.6. The van der Waals surface area contributed by atoms with Gasteiger partial charge in [-0.3, -0.25) is 10.1 Å². The highest BCUT2D eigenvalue weighted by molar-refractivity contribution is 8.01. The lowest BCUT2D eigenvalue weighted by Gasteiger charge is -2.31. The van der Waals surface area contributed by atoms with Crippen LogP contribution in [0.15, 0.2) is 0 Å². The summed E-state index contributed by atoms with van der Waals surface area (Å²) in [4.78, 5) is 11.6. The molecule has 1 amide bonds. The van der Waals surface area contributed by atoms with Crippen LogP contribution in [0.4, 0.5) is 0 Å². The second-order valence-corrected chi connectivity index (χ2v) is 5.88. The van der Waals surface area contributed by atoms with Gasteiger partial charge in [-0.05, 0) is 18.8 Å². The number of carbonyl (C=O) groups is 1. The molecule has 4 heteroatoms. The normalized spacial score (nSPS) is 46.7. The molecular formula is C10H16N2OS. The van der Waals surface area contributed by atoms with Gasteiger partial charge in [0, 0.05) is 11.3 Å². The van der Waals surface area contributed by atoms with Gasteiger partial charge in [-0.2, -0.15) is 0 Å². The minimum Gasteiger partial charge on any atom is -0.343 e. The van der Waals surface area contributed by atoms with Gasteiger partial charge in [-0.15, -0.1) is 11.8 Å². The van der Waals surface area contributed by atoms with Crippen molar-refractivity contribution in [2.75, 3.05) is 6.67 Å². The van der Waals surface area contributed by atoms with Gasteiger partial charge in [-0.1, -0.05) is 12.8 Å². The first-order chi connectivity index (χ1) is 6.86. The van der Waals surface area contributed by atoms with Crippen molar-refractivity contribution in [3.63, 3.8) is 0 Å². The van der Waals surface area contributed by atoms with Gasteiger partial charge in [-0.25, -0.2) is 0 Å². The van der Waals surface area contributed by atoms with Gasteiger partial charge < -0.3 is 5.32 Å². The van der Waals surface area contributed by atoms with E-state index in [1.807, 2.05) is 11.8 Å². The van der Waals surface area contributed by atoms with Crippen molar-refractivity contribution in [2.24, 2.45) is 5.92 Å². The third kappa shape index (κ3) is 1.27. The fourth-order valence-corrected chi connectivity index (χ4v) is 4.90. The lowest BCUT2D eigenvalue weighted by atomic mass is 9.82. The molecule has 0 spiro atoms. The Kier molecular flexibility index (Phi) is 2.21. The van der Waals surface area contributed by atoms with Crippen molar-refractivity contribution in [3.05, 3.63) is 0 Å². The molecule has 2 heterocycles. The molecule has 3 rings (SSSR count). The molecule has 78 valence electrons. The molecule has 4 atom stereocenters. The molecule has 1 saturated carbocycles. The van der Waals surface area contributed by atoms with E-state index in [-0.39, 0.29) is 11.2 Å². The molecule has 0 bridgehead atoms. The summed E-state index contributed by atoms with van der Waals surface area (Å²) < 4.78 is 0. The number of rotatable bonds is 0. The molecule has 0 aromatic heterocycles. The molecule has 2 N–H and O–H groups in total. The van der Waals surface area contributed by atoms with E-state index in [4.69, 9.17) is 0 Å². The Morgan fingerprint density at radius 2 is 2.14 bits per heavy atom. The molecule has 0 aromatic carbocycles. The zero-order valence-corrected chi connectivity index (χ0v) is 8.98. The van der Waals surface area contributed by atoms with Crippen LogP contribution in [0.5, 0.6) is 0 Å². The van der Waals surface area contributed by atoms with Crippen molar-refractivity contribution in [3.8, 4) is 0 Å². The molecule has 3 fully saturated rings. The maximum Gasteiger partial charge on any atom is 0.235 e. The molecule has 1 aliphatic carbocycles. The second-order valence-electron chi connectivity index (χ2n) is 4.49. The number of carbonyl (C=O) groups excluding carboxylic acids is 1. The third-order valence-electron chi connectivity index (χ3n) is 3.72. The Hall–Kier alpha value is -0.220. The summed E-state index contributed by atoms with van der Waals surface area (Å²) in [6, 6.07) is 0.457. The van der Waals surface area contributed by atoms with Crippen molar-refractivity contribution >= 4 is 17.7 Å². The van der Waals surface area contributed by atoms with E-state index < -0.39 is 0 Å². The lowest BCUT2D eigenvalue weighted by Crippen LogP contribution is -2.57. The first kappa shape index (κ1) is 9.04. The molecule has 0 aromatic rings. The number of nitrogens with one attached hydrogen (secondary N) is 2. The maximum absolute atomic E-state index is 11.6. The van der Waals surface area contributed by atoms with Crippen LogP contribution in [-0.2, 0) is 4.79 Å². The van der Waals surface area contributed by atoms with Crippen molar-refractivity contribution in [1.29, 1.82) is 0 Å². The quantitative estimate of drug-likeness (QED) is 0.621. The minimum absolute atomic E-state index is 0.192. The van der Waals surface area contributed by atoms with E-state index in [1.165, 1.54) is 25.7 Å². The van der Waals surface area contributed by atoms with Crippen LogP contribution in [-0.4, -0.2) is 29.1 Å². The first-order valence-electron chi connectivity index (χ1n) is 5.53. The van der Waals surface area contributed by atoms with Crippen LogP contribution in [0.25, 0.3) is 0 Å². The third-order valence-corrected chi connectivity index (χ3v) is 5.46. The van der Waals surface area contributed by atoms with Crippen LogP contribution < -0.4 is 10.6 Å². The zero-order chi connectivity index (χ0) is 9.54. The highest BCUT2D eigenvalue weighted by Gasteiger charge is 2.48. The van der Waals surface area contributed by atoms with Gasteiger partial charge in [0.25, 0.3) is 0 Å². The summed E-state index contributed by atoms with van der Waals surface area (Å²) in [7, 11) is 0. The number of thioether (sulfide) groups is 1. The topological polar surface area (TPSA) is 41.1 Å². The highest BCUT2D eigenvalue weighted by atomic mass is 32.2. The fourth-order valence-electron chi connectivity index (χ4n) is 3.04. The zero-order valence-electron chi connectivity index (χ0n) is 8.16. The Labute approximate surface area is 88.4 Å². The lowest BCUT2D eigenvalue weighted by molar-refractivity contribution is -0.122. The van der Waals surface area contributed by atoms with E-state index in [1.54, 1.807) is 0 Å². The van der Waals surface area contributed by atoms with Gasteiger partial charge in [0.1, 0.15) is 0 Å². The Bertz CT molecular complexity index is 259. The average Bonchev–Trinajstić information content (AvgIpc) is 2.59.